The van der Waals surface area contributed by atoms with E-state index < -0.39 is 95.7 Å². The van der Waals surface area contributed by atoms with Crippen molar-refractivity contribution in [3.63, 3.8) is 0 Å². The molecular formula is C34H36N2O12. The number of hydrogen-bond donors (Lipinski definition) is 4. The smallest absolute Gasteiger partial charge is 0.202 e. The van der Waals surface area contributed by atoms with Gasteiger partial charge in [0.25, 0.3) is 0 Å². The van der Waals surface area contributed by atoms with Crippen LogP contribution in [0.1, 0.15) is 81.7 Å². The third-order valence-electron chi connectivity index (χ3n) is 10.5. The summed E-state index contributed by atoms with van der Waals surface area (Å²) in [5.41, 5.74) is -3.57. The largest absolute Gasteiger partial charge is 0.507 e. The number of hydrogen-bond acceptors (Lipinski definition) is 14. The predicted octanol–water partition coefficient (Wildman–Crippen LogP) is 1.41. The highest BCUT2D eigenvalue weighted by molar-refractivity contribution is 6.31. The van der Waals surface area contributed by atoms with Crippen molar-refractivity contribution in [3.05, 3.63) is 51.6 Å². The average molecular weight is 665 g/mol. The first kappa shape index (κ1) is 32.6. The second kappa shape index (κ2) is 11.9. The van der Waals surface area contributed by atoms with E-state index in [4.69, 9.17) is 23.7 Å². The monoisotopic (exact) mass is 664 g/mol. The lowest BCUT2D eigenvalue weighted by Crippen LogP contribution is -2.56. The minimum absolute atomic E-state index is 0.0479. The van der Waals surface area contributed by atoms with Crippen LogP contribution in [0.15, 0.2) is 18.2 Å². The summed E-state index contributed by atoms with van der Waals surface area (Å²) in [6.07, 6.45) is -3.57. The molecule has 14 heteroatoms. The van der Waals surface area contributed by atoms with Gasteiger partial charge in [0.1, 0.15) is 47.8 Å². The molecule has 14 nitrogen and oxygen atoms in total. The summed E-state index contributed by atoms with van der Waals surface area (Å²) in [4.78, 5) is 42.6. The second-order valence-corrected chi connectivity index (χ2v) is 13.0. The Morgan fingerprint density at radius 1 is 1.08 bits per heavy atom. The number of aliphatic hydroxyl groups is 2. The lowest BCUT2D eigenvalue weighted by atomic mass is 9.72. The Morgan fingerprint density at radius 3 is 2.52 bits per heavy atom. The molecule has 254 valence electrons. The van der Waals surface area contributed by atoms with E-state index in [1.165, 1.54) is 25.3 Å². The topological polar surface area (TPSA) is 205 Å². The standard InChI is InChI=1S/C34H36N2O12/c1-14-33-19(36-15(12-35)7-16(44-2)8-23(36)48-33)9-24(46-14)47-21-11-34(43,22(38)13-37)10-18-26(21)32(42)28-27(30(18)40)29(39)17-5-4-6-20(45-3)25(17)31(28)41/h4-6,14-16,19,21,23-24,33,37,40,42-43H,7-11,13H2,1-3H3. The Morgan fingerprint density at radius 2 is 1.83 bits per heavy atom. The minimum Gasteiger partial charge on any atom is -0.507 e. The Labute approximate surface area is 275 Å². The first-order valence-electron chi connectivity index (χ1n) is 15.9. The Hall–Kier alpha value is -3.94. The van der Waals surface area contributed by atoms with Crippen LogP contribution in [0.5, 0.6) is 17.2 Å². The zero-order valence-electron chi connectivity index (χ0n) is 26.5. The maximum Gasteiger partial charge on any atom is 0.202 e. The molecule has 3 fully saturated rings. The molecule has 5 aliphatic rings. The predicted molar refractivity (Wildman–Crippen MR) is 161 cm³/mol. The molecule has 0 radical (unpaired) electrons. The van der Waals surface area contributed by atoms with Gasteiger partial charge in [0.05, 0.1) is 48.2 Å². The highest BCUT2D eigenvalue weighted by Gasteiger charge is 2.56. The number of methoxy groups -OCH3 is 2. The zero-order chi connectivity index (χ0) is 34.2. The van der Waals surface area contributed by atoms with Gasteiger partial charge in [-0.2, -0.15) is 5.26 Å². The Bertz CT molecular complexity index is 1750. The van der Waals surface area contributed by atoms with Gasteiger partial charge in [-0.05, 0) is 13.0 Å². The highest BCUT2D eigenvalue weighted by Crippen LogP contribution is 2.53. The van der Waals surface area contributed by atoms with Crippen LogP contribution in [0.2, 0.25) is 0 Å². The zero-order valence-corrected chi connectivity index (χ0v) is 26.5. The minimum atomic E-state index is -2.26. The van der Waals surface area contributed by atoms with Gasteiger partial charge in [0.2, 0.25) is 5.78 Å². The molecule has 3 saturated heterocycles. The van der Waals surface area contributed by atoms with E-state index in [0.29, 0.717) is 12.8 Å². The summed E-state index contributed by atoms with van der Waals surface area (Å²) in [7, 11) is 2.93. The molecule has 3 aliphatic heterocycles. The lowest BCUT2D eigenvalue weighted by Gasteiger charge is -2.44. The third kappa shape index (κ3) is 4.76. The summed E-state index contributed by atoms with van der Waals surface area (Å²) >= 11 is 0. The van der Waals surface area contributed by atoms with Gasteiger partial charge >= 0.3 is 0 Å². The van der Waals surface area contributed by atoms with Gasteiger partial charge in [-0.1, -0.05) is 12.1 Å². The van der Waals surface area contributed by atoms with E-state index in [1.807, 2.05) is 4.90 Å². The van der Waals surface area contributed by atoms with Gasteiger partial charge in [-0.15, -0.1) is 0 Å². The highest BCUT2D eigenvalue weighted by atomic mass is 16.7. The number of piperidine rings is 1. The number of aliphatic hydroxyl groups excluding tert-OH is 1. The van der Waals surface area contributed by atoms with Crippen molar-refractivity contribution >= 4 is 17.3 Å². The number of phenols is 2. The summed E-state index contributed by atoms with van der Waals surface area (Å²) in [5.74, 6) is -3.72. The number of nitrogens with zero attached hydrogens (tertiary/aromatic N) is 2. The van der Waals surface area contributed by atoms with Crippen molar-refractivity contribution in [2.45, 2.75) is 93.6 Å². The lowest BCUT2D eigenvalue weighted by molar-refractivity contribution is -0.247. The molecule has 0 saturated carbocycles. The summed E-state index contributed by atoms with van der Waals surface area (Å²) in [6.45, 7) is 0.781. The van der Waals surface area contributed by atoms with E-state index in [1.54, 1.807) is 14.0 Å². The number of fused-ring (bicyclic) bond motifs is 6. The van der Waals surface area contributed by atoms with Crippen molar-refractivity contribution in [1.29, 1.82) is 5.26 Å². The number of aromatic hydroxyl groups is 2. The van der Waals surface area contributed by atoms with Crippen LogP contribution in [0.3, 0.4) is 0 Å². The van der Waals surface area contributed by atoms with Gasteiger partial charge in [-0.25, -0.2) is 0 Å². The van der Waals surface area contributed by atoms with Crippen LogP contribution in [0.4, 0.5) is 0 Å². The molecule has 9 atom stereocenters. The van der Waals surface area contributed by atoms with E-state index in [-0.39, 0.29) is 52.8 Å². The van der Waals surface area contributed by atoms with Crippen LogP contribution < -0.4 is 4.74 Å². The molecule has 0 bridgehead atoms. The summed E-state index contributed by atoms with van der Waals surface area (Å²) in [6, 6.07) is 5.96. The van der Waals surface area contributed by atoms with E-state index in [0.717, 1.165) is 0 Å². The molecule has 0 spiro atoms. The molecule has 0 amide bonds. The fourth-order valence-corrected chi connectivity index (χ4v) is 8.25. The number of phenolic OH excluding ortho intramolecular Hbond substituents is 2. The molecule has 3 heterocycles. The fourth-order valence-electron chi connectivity index (χ4n) is 8.25. The molecule has 2 aromatic rings. The Balaban J connectivity index is 1.29. The number of ketones is 3. The maximum absolute atomic E-state index is 13.9. The van der Waals surface area contributed by atoms with Crippen LogP contribution >= 0.6 is 0 Å². The number of benzene rings is 2. The maximum atomic E-state index is 13.9. The molecule has 2 aliphatic carbocycles. The molecule has 9 unspecified atom stereocenters. The Kier molecular flexibility index (Phi) is 8.07. The second-order valence-electron chi connectivity index (χ2n) is 13.0. The van der Waals surface area contributed by atoms with Crippen molar-refractivity contribution in [1.82, 2.24) is 4.90 Å². The number of carbonyl (C=O) groups excluding carboxylic acids is 3. The quantitative estimate of drug-likeness (QED) is 0.275. The summed E-state index contributed by atoms with van der Waals surface area (Å²) in [5, 5.41) is 54.7. The molecular weight excluding hydrogens is 628 g/mol. The van der Waals surface area contributed by atoms with Gasteiger partial charge < -0.3 is 44.1 Å². The molecule has 7 rings (SSSR count). The number of carbonyl (C=O) groups is 3. The average Bonchev–Trinajstić information content (AvgIpc) is 3.46. The van der Waals surface area contributed by atoms with Crippen molar-refractivity contribution < 1.29 is 58.5 Å². The van der Waals surface area contributed by atoms with Crippen LogP contribution in [0, 0.1) is 11.3 Å². The first-order valence-corrected chi connectivity index (χ1v) is 15.9. The van der Waals surface area contributed by atoms with Gasteiger partial charge in [-0.3, -0.25) is 19.3 Å². The molecule has 0 aromatic heterocycles. The van der Waals surface area contributed by atoms with E-state index in [2.05, 4.69) is 6.07 Å². The van der Waals surface area contributed by atoms with Crippen LogP contribution in [-0.2, 0) is 30.2 Å². The molecule has 4 N–H and O–H groups in total. The van der Waals surface area contributed by atoms with Crippen molar-refractivity contribution in [3.8, 4) is 23.3 Å². The number of rotatable bonds is 6. The van der Waals surface area contributed by atoms with Crippen molar-refractivity contribution in [2.75, 3.05) is 20.8 Å². The van der Waals surface area contributed by atoms with Gasteiger partial charge in [0.15, 0.2) is 17.9 Å². The van der Waals surface area contributed by atoms with Crippen molar-refractivity contribution in [2.24, 2.45) is 0 Å². The number of nitriles is 1. The van der Waals surface area contributed by atoms with Gasteiger partial charge in [0, 0.05) is 61.9 Å². The molecule has 2 aromatic carbocycles. The third-order valence-corrected chi connectivity index (χ3v) is 10.5. The number of ether oxygens (including phenoxy) is 5. The summed E-state index contributed by atoms with van der Waals surface area (Å²) < 4.78 is 29.8. The van der Waals surface area contributed by atoms with Crippen LogP contribution in [-0.4, -0.2) is 112 Å². The van der Waals surface area contributed by atoms with E-state index in [9.17, 15) is 40.1 Å². The molecule has 48 heavy (non-hydrogen) atoms. The number of Topliss-reactive ketones (excluding diaryl/α,β-unsaturated/α-hetero) is 1. The SMILES string of the molecule is COc1cccc2c1C(=O)c1c(O)c3c(c(O)c1C2=O)CC(O)(C(=O)CO)CC3OC1CC2C(OC3CC(OC)CC(C#N)N32)C(C)O1. The first-order chi connectivity index (χ1) is 23.0. The van der Waals surface area contributed by atoms with E-state index >= 15 is 0 Å². The van der Waals surface area contributed by atoms with Crippen LogP contribution in [0.25, 0.3) is 0 Å². The fraction of sp³-hybridized carbons (Fsp3) is 0.529. The normalized spacial score (nSPS) is 33.9.